The number of pyridine rings is 1. The fraction of sp³-hybridized carbons (Fsp3) is 0.250. The van der Waals surface area contributed by atoms with Gasteiger partial charge in [-0.2, -0.15) is 0 Å². The van der Waals surface area contributed by atoms with Gasteiger partial charge in [0.05, 0.1) is 11.9 Å². The highest BCUT2D eigenvalue weighted by atomic mass is 19.1. The molecule has 4 nitrogen and oxygen atoms in total. The normalized spacial score (nSPS) is 14.6. The average molecular weight is 389 g/mol. The van der Waals surface area contributed by atoms with E-state index in [2.05, 4.69) is 34.6 Å². The predicted octanol–water partition coefficient (Wildman–Crippen LogP) is 5.06. The van der Waals surface area contributed by atoms with Crippen molar-refractivity contribution in [2.45, 2.75) is 19.3 Å². The molecule has 0 radical (unpaired) electrons. The van der Waals surface area contributed by atoms with Crippen molar-refractivity contribution >= 4 is 17.3 Å². The molecule has 4 rings (SSSR count). The van der Waals surface area contributed by atoms with Crippen molar-refractivity contribution in [3.63, 3.8) is 0 Å². The topological polar surface area (TPSA) is 45.2 Å². The van der Waals surface area contributed by atoms with Crippen LogP contribution in [0, 0.1) is 11.7 Å². The number of benzene rings is 2. The van der Waals surface area contributed by atoms with Gasteiger partial charge in [-0.1, -0.05) is 36.4 Å². The molecule has 0 aliphatic carbocycles. The number of piperidine rings is 1. The summed E-state index contributed by atoms with van der Waals surface area (Å²) in [5.74, 6) is 0.290. The molecule has 2 aromatic carbocycles. The molecular formula is C24H24FN3O. The minimum Gasteiger partial charge on any atom is -0.354 e. The van der Waals surface area contributed by atoms with Crippen LogP contribution < -0.4 is 5.32 Å². The van der Waals surface area contributed by atoms with Crippen LogP contribution in [0.5, 0.6) is 0 Å². The van der Waals surface area contributed by atoms with Crippen LogP contribution in [0.3, 0.4) is 0 Å². The van der Waals surface area contributed by atoms with Gasteiger partial charge in [-0.3, -0.25) is 4.79 Å². The Morgan fingerprint density at radius 3 is 2.48 bits per heavy atom. The Kier molecular flexibility index (Phi) is 5.84. The number of aromatic nitrogens is 1. The molecule has 5 heteroatoms. The maximum absolute atomic E-state index is 13.3. The highest BCUT2D eigenvalue weighted by Crippen LogP contribution is 2.23. The maximum atomic E-state index is 13.3. The number of anilines is 2. The largest absolute Gasteiger partial charge is 0.354 e. The molecule has 0 bridgehead atoms. The summed E-state index contributed by atoms with van der Waals surface area (Å²) < 4.78 is 13.3. The van der Waals surface area contributed by atoms with Gasteiger partial charge < -0.3 is 10.2 Å². The Balaban J connectivity index is 1.32. The van der Waals surface area contributed by atoms with E-state index in [0.29, 0.717) is 23.0 Å². The fourth-order valence-electron chi connectivity index (χ4n) is 3.78. The molecule has 3 aromatic rings. The summed E-state index contributed by atoms with van der Waals surface area (Å²) in [7, 11) is 0. The molecule has 0 unspecified atom stereocenters. The molecule has 0 atom stereocenters. The average Bonchev–Trinajstić information content (AvgIpc) is 2.75. The Hall–Kier alpha value is -3.21. The molecule has 1 fully saturated rings. The van der Waals surface area contributed by atoms with Crippen LogP contribution in [-0.2, 0) is 6.42 Å². The van der Waals surface area contributed by atoms with Crippen molar-refractivity contribution in [2.24, 2.45) is 5.92 Å². The van der Waals surface area contributed by atoms with E-state index >= 15 is 0 Å². The lowest BCUT2D eigenvalue weighted by Crippen LogP contribution is -2.39. The van der Waals surface area contributed by atoms with Crippen molar-refractivity contribution in [3.05, 3.63) is 90.0 Å². The molecule has 29 heavy (non-hydrogen) atoms. The first-order chi connectivity index (χ1) is 14.2. The van der Waals surface area contributed by atoms with E-state index < -0.39 is 0 Å². The molecule has 148 valence electrons. The number of carbonyl (C=O) groups excluding carboxylic acids is 1. The summed E-state index contributed by atoms with van der Waals surface area (Å²) in [5, 5.41) is 3.09. The Morgan fingerprint density at radius 1 is 1.00 bits per heavy atom. The van der Waals surface area contributed by atoms with Crippen molar-refractivity contribution in [1.29, 1.82) is 0 Å². The van der Waals surface area contributed by atoms with Crippen LogP contribution in [0.1, 0.15) is 28.9 Å². The smallest absolute Gasteiger partial charge is 0.272 e. The molecular weight excluding hydrogens is 365 g/mol. The maximum Gasteiger partial charge on any atom is 0.272 e. The van der Waals surface area contributed by atoms with Gasteiger partial charge in [0.25, 0.3) is 5.91 Å². The quantitative estimate of drug-likeness (QED) is 0.663. The van der Waals surface area contributed by atoms with Crippen molar-refractivity contribution < 1.29 is 9.18 Å². The summed E-state index contributed by atoms with van der Waals surface area (Å²) in [6.45, 7) is 1.53. The summed E-state index contributed by atoms with van der Waals surface area (Å²) >= 11 is 0. The second kappa shape index (κ2) is 8.86. The number of nitrogens with zero attached hydrogens (tertiary/aromatic N) is 2. The van der Waals surface area contributed by atoms with E-state index in [4.69, 9.17) is 0 Å². The summed E-state index contributed by atoms with van der Waals surface area (Å²) in [4.78, 5) is 19.0. The van der Waals surface area contributed by atoms with Crippen LogP contribution >= 0.6 is 0 Å². The zero-order chi connectivity index (χ0) is 20.1. The number of rotatable bonds is 5. The Bertz CT molecular complexity index is 951. The van der Waals surface area contributed by atoms with E-state index in [1.165, 1.54) is 17.7 Å². The van der Waals surface area contributed by atoms with Crippen molar-refractivity contribution in [1.82, 2.24) is 9.88 Å². The highest BCUT2D eigenvalue weighted by Gasteiger charge is 2.24. The number of amides is 1. The zero-order valence-corrected chi connectivity index (χ0v) is 16.2. The second-order valence-corrected chi connectivity index (χ2v) is 7.49. The number of nitrogens with one attached hydrogen (secondary N) is 1. The number of likely N-dealkylation sites (tertiary alicyclic amines) is 1. The Morgan fingerprint density at radius 2 is 1.79 bits per heavy atom. The summed E-state index contributed by atoms with van der Waals surface area (Å²) in [6, 6.07) is 20.3. The van der Waals surface area contributed by atoms with E-state index in [-0.39, 0.29) is 11.7 Å². The van der Waals surface area contributed by atoms with E-state index in [1.807, 2.05) is 11.0 Å². The SMILES string of the molecule is O=C(c1ccc(Nc2cccc(F)c2)cn1)N1CCC(Cc2ccccc2)CC1. The third kappa shape index (κ3) is 4.99. The lowest BCUT2D eigenvalue weighted by Gasteiger charge is -2.32. The van der Waals surface area contributed by atoms with Gasteiger partial charge >= 0.3 is 0 Å². The summed E-state index contributed by atoms with van der Waals surface area (Å²) in [6.07, 6.45) is 4.71. The molecule has 0 spiro atoms. The van der Waals surface area contributed by atoms with E-state index in [0.717, 1.165) is 32.4 Å². The molecule has 1 aliphatic rings. The first kappa shape index (κ1) is 19.1. The third-order valence-corrected chi connectivity index (χ3v) is 5.36. The predicted molar refractivity (Wildman–Crippen MR) is 113 cm³/mol. The van der Waals surface area contributed by atoms with Crippen LogP contribution in [0.15, 0.2) is 72.9 Å². The first-order valence-electron chi connectivity index (χ1n) is 9.99. The molecule has 1 amide bonds. The third-order valence-electron chi connectivity index (χ3n) is 5.36. The summed E-state index contributed by atoms with van der Waals surface area (Å²) in [5.41, 5.74) is 3.16. The molecule has 1 N–H and O–H groups in total. The number of hydrogen-bond donors (Lipinski definition) is 1. The van der Waals surface area contributed by atoms with Crippen LogP contribution in [-0.4, -0.2) is 28.9 Å². The van der Waals surface area contributed by atoms with Gasteiger partial charge in [0.2, 0.25) is 0 Å². The van der Waals surface area contributed by atoms with Crippen molar-refractivity contribution in [2.75, 3.05) is 18.4 Å². The number of carbonyl (C=O) groups is 1. The molecule has 2 heterocycles. The van der Waals surface area contributed by atoms with Gasteiger partial charge in [-0.25, -0.2) is 9.37 Å². The number of hydrogen-bond acceptors (Lipinski definition) is 3. The van der Waals surface area contributed by atoms with Crippen LogP contribution in [0.2, 0.25) is 0 Å². The molecule has 1 saturated heterocycles. The minimum atomic E-state index is -0.301. The lowest BCUT2D eigenvalue weighted by molar-refractivity contribution is 0.0684. The van der Waals surface area contributed by atoms with Gasteiger partial charge in [-0.15, -0.1) is 0 Å². The van der Waals surface area contributed by atoms with Gasteiger partial charge in [0.1, 0.15) is 11.5 Å². The Labute approximate surface area is 170 Å². The van der Waals surface area contributed by atoms with Crippen LogP contribution in [0.4, 0.5) is 15.8 Å². The fourth-order valence-corrected chi connectivity index (χ4v) is 3.78. The van der Waals surface area contributed by atoms with E-state index in [9.17, 15) is 9.18 Å². The molecule has 0 saturated carbocycles. The minimum absolute atomic E-state index is 0.0273. The van der Waals surface area contributed by atoms with Crippen molar-refractivity contribution in [3.8, 4) is 0 Å². The second-order valence-electron chi connectivity index (χ2n) is 7.49. The first-order valence-corrected chi connectivity index (χ1v) is 9.99. The molecule has 1 aliphatic heterocycles. The van der Waals surface area contributed by atoms with Gasteiger partial charge in [-0.05, 0) is 61.1 Å². The van der Waals surface area contributed by atoms with Crippen LogP contribution in [0.25, 0.3) is 0 Å². The highest BCUT2D eigenvalue weighted by molar-refractivity contribution is 5.92. The standard InChI is InChI=1S/C24H24FN3O/c25-20-7-4-8-21(16-20)27-22-9-10-23(26-17-22)24(29)28-13-11-19(12-14-28)15-18-5-2-1-3-6-18/h1-10,16-17,19,27H,11-15H2. The monoisotopic (exact) mass is 389 g/mol. The number of halogens is 1. The van der Waals surface area contributed by atoms with E-state index in [1.54, 1.807) is 30.5 Å². The lowest BCUT2D eigenvalue weighted by atomic mass is 9.90. The zero-order valence-electron chi connectivity index (χ0n) is 16.2. The van der Waals surface area contributed by atoms with Gasteiger partial charge in [0.15, 0.2) is 0 Å². The van der Waals surface area contributed by atoms with Gasteiger partial charge in [0, 0.05) is 18.8 Å². The molecule has 1 aromatic heterocycles.